The first kappa shape index (κ1) is 12.0. The van der Waals surface area contributed by atoms with Crippen molar-refractivity contribution in [2.24, 2.45) is 0 Å². The predicted molar refractivity (Wildman–Crippen MR) is 61.3 cm³/mol. The SMILES string of the molecule is CCCCCc1c(C)nc(C=O)n1CC. The number of hydrogen-bond acceptors (Lipinski definition) is 2. The van der Waals surface area contributed by atoms with Crippen molar-refractivity contribution >= 4 is 6.29 Å². The molecule has 84 valence electrons. The molecule has 1 aromatic heterocycles. The second-order valence-corrected chi connectivity index (χ2v) is 3.82. The Morgan fingerprint density at radius 1 is 1.33 bits per heavy atom. The Bertz CT molecular complexity index is 329. The van der Waals surface area contributed by atoms with Crippen LogP contribution < -0.4 is 0 Å². The van der Waals surface area contributed by atoms with Crippen LogP contribution in [0.1, 0.15) is 55.1 Å². The Morgan fingerprint density at radius 2 is 2.07 bits per heavy atom. The zero-order chi connectivity index (χ0) is 11.3. The van der Waals surface area contributed by atoms with E-state index in [0.29, 0.717) is 5.82 Å². The average molecular weight is 208 g/mol. The van der Waals surface area contributed by atoms with Gasteiger partial charge in [-0.2, -0.15) is 0 Å². The maximum absolute atomic E-state index is 10.8. The van der Waals surface area contributed by atoms with E-state index in [4.69, 9.17) is 0 Å². The molecule has 0 aliphatic rings. The van der Waals surface area contributed by atoms with E-state index in [2.05, 4.69) is 18.8 Å². The summed E-state index contributed by atoms with van der Waals surface area (Å²) in [5.41, 5.74) is 2.24. The van der Waals surface area contributed by atoms with Gasteiger partial charge in [0.05, 0.1) is 5.69 Å². The quantitative estimate of drug-likeness (QED) is 0.532. The second kappa shape index (κ2) is 5.69. The van der Waals surface area contributed by atoms with Crippen molar-refractivity contribution in [1.82, 2.24) is 9.55 Å². The summed E-state index contributed by atoms with van der Waals surface area (Å²) in [6, 6.07) is 0. The molecule has 0 amide bonds. The van der Waals surface area contributed by atoms with Crippen LogP contribution in [0.25, 0.3) is 0 Å². The minimum Gasteiger partial charge on any atom is -0.326 e. The van der Waals surface area contributed by atoms with E-state index in [1.807, 2.05) is 11.5 Å². The Labute approximate surface area is 91.5 Å². The zero-order valence-electron chi connectivity index (χ0n) is 9.92. The molecule has 0 saturated heterocycles. The lowest BCUT2D eigenvalue weighted by Crippen LogP contribution is -2.05. The smallest absolute Gasteiger partial charge is 0.185 e. The van der Waals surface area contributed by atoms with Gasteiger partial charge in [0, 0.05) is 12.2 Å². The number of rotatable bonds is 6. The Balaban J connectivity index is 2.84. The highest BCUT2D eigenvalue weighted by molar-refractivity contribution is 5.69. The first-order valence-corrected chi connectivity index (χ1v) is 5.75. The third-order valence-corrected chi connectivity index (χ3v) is 2.74. The van der Waals surface area contributed by atoms with Gasteiger partial charge in [0.15, 0.2) is 12.1 Å². The highest BCUT2D eigenvalue weighted by Gasteiger charge is 2.11. The monoisotopic (exact) mass is 208 g/mol. The Morgan fingerprint density at radius 3 is 2.60 bits per heavy atom. The van der Waals surface area contributed by atoms with Crippen molar-refractivity contribution in [3.63, 3.8) is 0 Å². The number of carbonyl (C=O) groups excluding carboxylic acids is 1. The Kier molecular flexibility index (Phi) is 4.53. The normalized spacial score (nSPS) is 10.6. The summed E-state index contributed by atoms with van der Waals surface area (Å²) in [4.78, 5) is 15.1. The summed E-state index contributed by atoms with van der Waals surface area (Å²) in [5.74, 6) is 0.571. The number of aldehydes is 1. The minimum atomic E-state index is 0.571. The molecule has 0 fully saturated rings. The molecule has 0 aliphatic heterocycles. The van der Waals surface area contributed by atoms with Crippen molar-refractivity contribution in [2.45, 2.75) is 53.0 Å². The highest BCUT2D eigenvalue weighted by atomic mass is 16.1. The highest BCUT2D eigenvalue weighted by Crippen LogP contribution is 2.14. The van der Waals surface area contributed by atoms with Gasteiger partial charge in [-0.15, -0.1) is 0 Å². The molecule has 1 rings (SSSR count). The van der Waals surface area contributed by atoms with Gasteiger partial charge in [0.2, 0.25) is 0 Å². The van der Waals surface area contributed by atoms with Crippen LogP contribution in [0.2, 0.25) is 0 Å². The maximum atomic E-state index is 10.8. The summed E-state index contributed by atoms with van der Waals surface area (Å²) in [6.07, 6.45) is 5.53. The molecule has 15 heavy (non-hydrogen) atoms. The molecular weight excluding hydrogens is 188 g/mol. The van der Waals surface area contributed by atoms with Gasteiger partial charge in [-0.05, 0) is 26.7 Å². The number of aromatic nitrogens is 2. The van der Waals surface area contributed by atoms with Gasteiger partial charge in [-0.1, -0.05) is 19.8 Å². The van der Waals surface area contributed by atoms with Crippen molar-refractivity contribution in [1.29, 1.82) is 0 Å². The van der Waals surface area contributed by atoms with Crippen LogP contribution in [0.4, 0.5) is 0 Å². The molecule has 1 heterocycles. The van der Waals surface area contributed by atoms with E-state index < -0.39 is 0 Å². The van der Waals surface area contributed by atoms with E-state index in [0.717, 1.165) is 24.9 Å². The van der Waals surface area contributed by atoms with Gasteiger partial charge >= 0.3 is 0 Å². The summed E-state index contributed by atoms with van der Waals surface area (Å²) in [7, 11) is 0. The summed E-state index contributed by atoms with van der Waals surface area (Å²) in [5, 5.41) is 0. The molecule has 3 nitrogen and oxygen atoms in total. The number of aryl methyl sites for hydroxylation is 1. The minimum absolute atomic E-state index is 0.571. The van der Waals surface area contributed by atoms with Gasteiger partial charge < -0.3 is 4.57 Å². The molecule has 0 aromatic carbocycles. The van der Waals surface area contributed by atoms with E-state index in [-0.39, 0.29) is 0 Å². The first-order chi connectivity index (χ1) is 7.24. The fourth-order valence-electron chi connectivity index (χ4n) is 1.93. The third-order valence-electron chi connectivity index (χ3n) is 2.74. The maximum Gasteiger partial charge on any atom is 0.185 e. The van der Waals surface area contributed by atoms with Crippen LogP contribution in [0.5, 0.6) is 0 Å². The van der Waals surface area contributed by atoms with Crippen LogP contribution in [0.3, 0.4) is 0 Å². The molecule has 0 aliphatic carbocycles. The third kappa shape index (κ3) is 2.67. The van der Waals surface area contributed by atoms with Crippen LogP contribution in [0, 0.1) is 6.92 Å². The molecule has 3 heteroatoms. The summed E-state index contributed by atoms with van der Waals surface area (Å²) < 4.78 is 2.03. The van der Waals surface area contributed by atoms with Gasteiger partial charge in [0.1, 0.15) is 0 Å². The molecule has 0 N–H and O–H groups in total. The molecule has 0 spiro atoms. The number of carbonyl (C=O) groups is 1. The molecule has 0 bridgehead atoms. The lowest BCUT2D eigenvalue weighted by molar-refractivity contribution is 0.111. The van der Waals surface area contributed by atoms with E-state index >= 15 is 0 Å². The van der Waals surface area contributed by atoms with Gasteiger partial charge in [-0.25, -0.2) is 4.98 Å². The molecule has 0 saturated carbocycles. The van der Waals surface area contributed by atoms with Crippen molar-refractivity contribution in [2.75, 3.05) is 0 Å². The lowest BCUT2D eigenvalue weighted by atomic mass is 10.1. The summed E-state index contributed by atoms with van der Waals surface area (Å²) >= 11 is 0. The largest absolute Gasteiger partial charge is 0.326 e. The zero-order valence-corrected chi connectivity index (χ0v) is 9.92. The Hall–Kier alpha value is -1.12. The van der Waals surface area contributed by atoms with Crippen LogP contribution in [-0.4, -0.2) is 15.8 Å². The fourth-order valence-corrected chi connectivity index (χ4v) is 1.93. The predicted octanol–water partition coefficient (Wildman–Crippen LogP) is 2.76. The topological polar surface area (TPSA) is 34.9 Å². The second-order valence-electron chi connectivity index (χ2n) is 3.82. The molecule has 0 atom stereocenters. The van der Waals surface area contributed by atoms with Crippen LogP contribution in [0.15, 0.2) is 0 Å². The molecule has 0 radical (unpaired) electrons. The molecule has 1 aromatic rings. The first-order valence-electron chi connectivity index (χ1n) is 5.75. The number of hydrogen-bond donors (Lipinski definition) is 0. The number of nitrogens with zero attached hydrogens (tertiary/aromatic N) is 2. The molecule has 0 unspecified atom stereocenters. The standard InChI is InChI=1S/C12H20N2O/c1-4-6-7-8-11-10(3)13-12(9-15)14(11)5-2/h9H,4-8H2,1-3H3. The number of unbranched alkanes of at least 4 members (excludes halogenated alkanes) is 2. The van der Waals surface area contributed by atoms with Crippen molar-refractivity contribution in [3.8, 4) is 0 Å². The van der Waals surface area contributed by atoms with Crippen LogP contribution >= 0.6 is 0 Å². The van der Waals surface area contributed by atoms with E-state index in [1.165, 1.54) is 25.0 Å². The van der Waals surface area contributed by atoms with Gasteiger partial charge in [0.25, 0.3) is 0 Å². The van der Waals surface area contributed by atoms with E-state index in [1.54, 1.807) is 0 Å². The van der Waals surface area contributed by atoms with Crippen molar-refractivity contribution in [3.05, 3.63) is 17.2 Å². The fraction of sp³-hybridized carbons (Fsp3) is 0.667. The van der Waals surface area contributed by atoms with Gasteiger partial charge in [-0.3, -0.25) is 4.79 Å². The van der Waals surface area contributed by atoms with E-state index in [9.17, 15) is 4.79 Å². The van der Waals surface area contributed by atoms with Crippen LogP contribution in [-0.2, 0) is 13.0 Å². The number of imidazole rings is 1. The summed E-state index contributed by atoms with van der Waals surface area (Å²) in [6.45, 7) is 7.06. The lowest BCUT2D eigenvalue weighted by Gasteiger charge is -2.07. The van der Waals surface area contributed by atoms with Crippen molar-refractivity contribution < 1.29 is 4.79 Å². The molecular formula is C12H20N2O. The average Bonchev–Trinajstić information content (AvgIpc) is 2.55.